The van der Waals surface area contributed by atoms with E-state index in [4.69, 9.17) is 20.7 Å². The highest BCUT2D eigenvalue weighted by molar-refractivity contribution is 5.93. The van der Waals surface area contributed by atoms with Crippen LogP contribution in [0.25, 0.3) is 17.2 Å². The molecule has 22 heavy (non-hydrogen) atoms. The first-order valence-electron chi connectivity index (χ1n) is 6.16. The Morgan fingerprint density at radius 2 is 2.36 bits per heavy atom. The lowest BCUT2D eigenvalue weighted by Gasteiger charge is -2.08. The standard InChI is InChI=1S/C12H11N7O3/c13-4-6-9(15-5-8(20)21)17-12(14)19-11(6)16-10(18-19)7-2-1-3-22-7/h1-4,13,15H,5H2,(H2,14,17)(H,20,21). The van der Waals surface area contributed by atoms with Crippen molar-refractivity contribution in [2.75, 3.05) is 17.6 Å². The van der Waals surface area contributed by atoms with E-state index in [1.54, 1.807) is 12.1 Å². The van der Waals surface area contributed by atoms with Crippen LogP contribution in [0, 0.1) is 5.41 Å². The van der Waals surface area contributed by atoms with E-state index in [2.05, 4.69) is 20.4 Å². The molecule has 0 saturated heterocycles. The monoisotopic (exact) mass is 301 g/mol. The summed E-state index contributed by atoms with van der Waals surface area (Å²) >= 11 is 0. The van der Waals surface area contributed by atoms with Crippen molar-refractivity contribution in [3.05, 3.63) is 24.0 Å². The number of nitrogen functional groups attached to an aromatic ring is 1. The molecule has 0 spiro atoms. The smallest absolute Gasteiger partial charge is 0.322 e. The summed E-state index contributed by atoms with van der Waals surface area (Å²) in [5.41, 5.74) is 6.37. The maximum Gasteiger partial charge on any atom is 0.322 e. The van der Waals surface area contributed by atoms with Crippen molar-refractivity contribution in [3.63, 3.8) is 0 Å². The van der Waals surface area contributed by atoms with Gasteiger partial charge in [-0.1, -0.05) is 0 Å². The number of nitrogens with two attached hydrogens (primary N) is 1. The van der Waals surface area contributed by atoms with Gasteiger partial charge >= 0.3 is 5.97 Å². The van der Waals surface area contributed by atoms with Crippen molar-refractivity contribution in [1.82, 2.24) is 19.6 Å². The molecule has 0 aliphatic heterocycles. The lowest BCUT2D eigenvalue weighted by Crippen LogP contribution is -2.16. The Morgan fingerprint density at radius 3 is 3.00 bits per heavy atom. The Labute approximate surface area is 123 Å². The highest BCUT2D eigenvalue weighted by atomic mass is 16.4. The normalized spacial score (nSPS) is 10.7. The topological polar surface area (TPSA) is 155 Å². The van der Waals surface area contributed by atoms with Crippen LogP contribution in [0.4, 0.5) is 11.8 Å². The number of hydrogen-bond acceptors (Lipinski definition) is 8. The molecule has 10 nitrogen and oxygen atoms in total. The number of anilines is 2. The van der Waals surface area contributed by atoms with Gasteiger partial charge in [-0.25, -0.2) is 4.98 Å². The average Bonchev–Trinajstić information content (AvgIpc) is 3.14. The van der Waals surface area contributed by atoms with E-state index in [0.29, 0.717) is 5.76 Å². The van der Waals surface area contributed by atoms with Crippen LogP contribution in [0.1, 0.15) is 5.56 Å². The van der Waals surface area contributed by atoms with Crippen molar-refractivity contribution < 1.29 is 14.3 Å². The van der Waals surface area contributed by atoms with Gasteiger partial charge in [0.2, 0.25) is 11.8 Å². The van der Waals surface area contributed by atoms with Crippen LogP contribution in [0.2, 0.25) is 0 Å². The number of fused-ring (bicyclic) bond motifs is 1. The molecule has 0 aromatic carbocycles. The molecule has 3 aromatic rings. The minimum atomic E-state index is -1.06. The van der Waals surface area contributed by atoms with Crippen molar-refractivity contribution >= 4 is 29.6 Å². The summed E-state index contributed by atoms with van der Waals surface area (Å²) in [5, 5.41) is 23.0. The van der Waals surface area contributed by atoms with Gasteiger partial charge in [-0.2, -0.15) is 9.50 Å². The minimum Gasteiger partial charge on any atom is -0.480 e. The van der Waals surface area contributed by atoms with Gasteiger partial charge in [-0.3, -0.25) is 4.79 Å². The number of carbonyl (C=O) groups is 1. The van der Waals surface area contributed by atoms with Crippen LogP contribution in [-0.2, 0) is 4.79 Å². The average molecular weight is 301 g/mol. The van der Waals surface area contributed by atoms with E-state index in [9.17, 15) is 4.79 Å². The fourth-order valence-electron chi connectivity index (χ4n) is 1.91. The van der Waals surface area contributed by atoms with E-state index >= 15 is 0 Å². The van der Waals surface area contributed by atoms with Gasteiger partial charge in [-0.05, 0) is 12.1 Å². The Kier molecular flexibility index (Phi) is 3.18. The molecule has 0 radical (unpaired) electrons. The molecule has 5 N–H and O–H groups in total. The van der Waals surface area contributed by atoms with Gasteiger partial charge in [0.25, 0.3) is 0 Å². The van der Waals surface area contributed by atoms with E-state index < -0.39 is 5.97 Å². The zero-order valence-electron chi connectivity index (χ0n) is 11.1. The fourth-order valence-corrected chi connectivity index (χ4v) is 1.91. The van der Waals surface area contributed by atoms with Crippen molar-refractivity contribution in [2.45, 2.75) is 0 Å². The molecular weight excluding hydrogens is 290 g/mol. The van der Waals surface area contributed by atoms with Crippen LogP contribution >= 0.6 is 0 Å². The number of hydrogen-bond donors (Lipinski definition) is 4. The SMILES string of the molecule is N=Cc1c(NCC(=O)O)nc(N)n2nc(-c3ccco3)nc12. The summed E-state index contributed by atoms with van der Waals surface area (Å²) in [5.74, 6) is -0.162. The van der Waals surface area contributed by atoms with Crippen LogP contribution in [-0.4, -0.2) is 43.4 Å². The molecule has 0 fully saturated rings. The highest BCUT2D eigenvalue weighted by Crippen LogP contribution is 2.22. The molecule has 3 rings (SSSR count). The molecule has 112 valence electrons. The summed E-state index contributed by atoms with van der Waals surface area (Å²) in [6.07, 6.45) is 2.49. The Balaban J connectivity index is 2.15. The molecule has 10 heteroatoms. The Hall–Kier alpha value is -3.43. The van der Waals surface area contributed by atoms with Crippen molar-refractivity contribution in [1.29, 1.82) is 5.41 Å². The number of carboxylic acid groups (broad SMARTS) is 1. The van der Waals surface area contributed by atoms with Crippen molar-refractivity contribution in [3.8, 4) is 11.6 Å². The van der Waals surface area contributed by atoms with E-state index in [1.807, 2.05) is 0 Å². The van der Waals surface area contributed by atoms with Crippen LogP contribution in [0.15, 0.2) is 22.8 Å². The number of furan rings is 1. The maximum atomic E-state index is 10.7. The van der Waals surface area contributed by atoms with Gasteiger partial charge < -0.3 is 26.0 Å². The van der Waals surface area contributed by atoms with Gasteiger partial charge in [0, 0.05) is 6.21 Å². The van der Waals surface area contributed by atoms with Crippen LogP contribution < -0.4 is 11.1 Å². The molecule has 3 aromatic heterocycles. The molecule has 0 bridgehead atoms. The largest absolute Gasteiger partial charge is 0.480 e. The minimum absolute atomic E-state index is 0.0128. The molecule has 3 heterocycles. The number of aliphatic carboxylic acids is 1. The second-order valence-electron chi connectivity index (χ2n) is 4.27. The number of nitrogens with one attached hydrogen (secondary N) is 2. The number of aromatic nitrogens is 4. The predicted molar refractivity (Wildman–Crippen MR) is 76.9 cm³/mol. The van der Waals surface area contributed by atoms with Crippen molar-refractivity contribution in [2.24, 2.45) is 0 Å². The molecule has 0 aliphatic rings. The zero-order valence-corrected chi connectivity index (χ0v) is 11.1. The van der Waals surface area contributed by atoms with Gasteiger partial charge in [0.05, 0.1) is 11.8 Å². The van der Waals surface area contributed by atoms with E-state index in [0.717, 1.165) is 6.21 Å². The first-order valence-corrected chi connectivity index (χ1v) is 6.16. The van der Waals surface area contributed by atoms with Gasteiger partial charge in [0.1, 0.15) is 12.4 Å². The second kappa shape index (κ2) is 5.16. The first-order chi connectivity index (χ1) is 10.6. The fraction of sp³-hybridized carbons (Fsp3) is 0.0833. The van der Waals surface area contributed by atoms with Gasteiger partial charge in [0.15, 0.2) is 11.4 Å². The molecule has 0 saturated carbocycles. The third-order valence-corrected chi connectivity index (χ3v) is 2.84. The molecule has 0 unspecified atom stereocenters. The third kappa shape index (κ3) is 2.22. The number of nitrogens with zero attached hydrogens (tertiary/aromatic N) is 4. The Bertz CT molecular complexity index is 853. The first kappa shape index (κ1) is 13.5. The molecule has 0 atom stereocenters. The highest BCUT2D eigenvalue weighted by Gasteiger charge is 2.17. The quantitative estimate of drug-likeness (QED) is 0.495. The number of carboxylic acids is 1. The molecular formula is C12H11N7O3. The van der Waals surface area contributed by atoms with Crippen LogP contribution in [0.5, 0.6) is 0 Å². The predicted octanol–water partition coefficient (Wildman–Crippen LogP) is 0.461. The molecule has 0 amide bonds. The summed E-state index contributed by atoms with van der Waals surface area (Å²) in [4.78, 5) is 19.0. The Morgan fingerprint density at radius 1 is 1.55 bits per heavy atom. The maximum absolute atomic E-state index is 10.7. The molecule has 0 aliphatic carbocycles. The summed E-state index contributed by atoms with van der Waals surface area (Å²) in [6.45, 7) is -0.359. The summed E-state index contributed by atoms with van der Waals surface area (Å²) in [7, 11) is 0. The van der Waals surface area contributed by atoms with Gasteiger partial charge in [-0.15, -0.1) is 5.10 Å². The summed E-state index contributed by atoms with van der Waals surface area (Å²) in [6, 6.07) is 3.38. The zero-order chi connectivity index (χ0) is 15.7. The van der Waals surface area contributed by atoms with Crippen LogP contribution in [0.3, 0.4) is 0 Å². The summed E-state index contributed by atoms with van der Waals surface area (Å²) < 4.78 is 6.49. The third-order valence-electron chi connectivity index (χ3n) is 2.84. The van der Waals surface area contributed by atoms with E-state index in [-0.39, 0.29) is 35.3 Å². The van der Waals surface area contributed by atoms with E-state index in [1.165, 1.54) is 10.8 Å². The lowest BCUT2D eigenvalue weighted by atomic mass is 10.3. The number of rotatable bonds is 5. The lowest BCUT2D eigenvalue weighted by molar-refractivity contribution is -0.134. The second-order valence-corrected chi connectivity index (χ2v) is 4.27.